The number of hydrogen-bond donors (Lipinski definition) is 2. The van der Waals surface area contributed by atoms with E-state index in [-0.39, 0.29) is 17.9 Å². The van der Waals surface area contributed by atoms with E-state index in [4.69, 9.17) is 5.11 Å². The van der Waals surface area contributed by atoms with Crippen LogP contribution in [0.3, 0.4) is 0 Å². The summed E-state index contributed by atoms with van der Waals surface area (Å²) in [6, 6.07) is 0.193. The molecule has 0 heterocycles. The van der Waals surface area contributed by atoms with Crippen LogP contribution in [0.2, 0.25) is 0 Å². The molecule has 0 radical (unpaired) electrons. The molecular formula is C15H27NO3. The molecule has 19 heavy (non-hydrogen) atoms. The molecule has 1 aliphatic carbocycles. The first-order valence-electron chi connectivity index (χ1n) is 7.65. The maximum atomic E-state index is 11.7. The van der Waals surface area contributed by atoms with Crippen LogP contribution in [0.4, 0.5) is 0 Å². The SMILES string of the molecule is CCCCCCCC(=O)NC1CCC(C(=O)O)CC1. The number of carboxylic acids is 1. The second-order valence-electron chi connectivity index (χ2n) is 5.62. The van der Waals surface area contributed by atoms with Crippen molar-refractivity contribution in [2.75, 3.05) is 0 Å². The van der Waals surface area contributed by atoms with Gasteiger partial charge in [0.05, 0.1) is 5.92 Å². The predicted octanol–water partition coefficient (Wildman–Crippen LogP) is 3.11. The number of carbonyl (C=O) groups excluding carboxylic acids is 1. The fraction of sp³-hybridized carbons (Fsp3) is 0.867. The lowest BCUT2D eigenvalue weighted by atomic mass is 9.86. The van der Waals surface area contributed by atoms with Crippen molar-refractivity contribution in [2.24, 2.45) is 5.92 Å². The number of aliphatic carboxylic acids is 1. The average Bonchev–Trinajstić information content (AvgIpc) is 2.39. The second-order valence-corrected chi connectivity index (χ2v) is 5.62. The highest BCUT2D eigenvalue weighted by atomic mass is 16.4. The number of hydrogen-bond acceptors (Lipinski definition) is 2. The molecule has 0 unspecified atom stereocenters. The van der Waals surface area contributed by atoms with E-state index in [1.807, 2.05) is 0 Å². The molecule has 1 fully saturated rings. The first-order chi connectivity index (χ1) is 9.13. The van der Waals surface area contributed by atoms with Crippen LogP contribution in [0.1, 0.15) is 71.1 Å². The first kappa shape index (κ1) is 16.0. The standard InChI is InChI=1S/C15H27NO3/c1-2-3-4-5-6-7-14(17)16-13-10-8-12(9-11-13)15(18)19/h12-13H,2-11H2,1H3,(H,16,17)(H,18,19). The number of rotatable bonds is 8. The molecule has 0 atom stereocenters. The molecule has 1 amide bonds. The smallest absolute Gasteiger partial charge is 0.306 e. The van der Waals surface area contributed by atoms with Crippen molar-refractivity contribution < 1.29 is 14.7 Å². The lowest BCUT2D eigenvalue weighted by molar-refractivity contribution is -0.142. The third-order valence-electron chi connectivity index (χ3n) is 3.95. The molecule has 1 rings (SSSR count). The Hall–Kier alpha value is -1.06. The number of amides is 1. The molecule has 0 bridgehead atoms. The Labute approximate surface area is 116 Å². The summed E-state index contributed by atoms with van der Waals surface area (Å²) in [5.41, 5.74) is 0. The summed E-state index contributed by atoms with van der Waals surface area (Å²) in [4.78, 5) is 22.6. The number of nitrogens with one attached hydrogen (secondary N) is 1. The maximum Gasteiger partial charge on any atom is 0.306 e. The molecule has 0 saturated heterocycles. The highest BCUT2D eigenvalue weighted by molar-refractivity contribution is 5.76. The molecule has 2 N–H and O–H groups in total. The summed E-state index contributed by atoms with van der Waals surface area (Å²) in [7, 11) is 0. The van der Waals surface area contributed by atoms with Gasteiger partial charge in [0.2, 0.25) is 5.91 Å². The van der Waals surface area contributed by atoms with Gasteiger partial charge in [-0.05, 0) is 32.1 Å². The van der Waals surface area contributed by atoms with Crippen LogP contribution < -0.4 is 5.32 Å². The zero-order valence-electron chi connectivity index (χ0n) is 12.0. The Kier molecular flexibility index (Phi) is 7.53. The van der Waals surface area contributed by atoms with Crippen molar-refractivity contribution >= 4 is 11.9 Å². The van der Waals surface area contributed by atoms with Gasteiger partial charge in [-0.15, -0.1) is 0 Å². The van der Waals surface area contributed by atoms with E-state index in [2.05, 4.69) is 12.2 Å². The van der Waals surface area contributed by atoms with E-state index in [1.54, 1.807) is 0 Å². The Bertz CT molecular complexity index is 283. The van der Waals surface area contributed by atoms with Crippen LogP contribution in [0.15, 0.2) is 0 Å². The molecule has 110 valence electrons. The quantitative estimate of drug-likeness (QED) is 0.665. The van der Waals surface area contributed by atoms with E-state index in [0.29, 0.717) is 19.3 Å². The molecule has 4 heteroatoms. The van der Waals surface area contributed by atoms with Gasteiger partial charge in [0.1, 0.15) is 0 Å². The fourth-order valence-corrected chi connectivity index (χ4v) is 2.67. The molecule has 0 spiro atoms. The van der Waals surface area contributed by atoms with Gasteiger partial charge in [0.25, 0.3) is 0 Å². The Morgan fingerprint density at radius 2 is 1.68 bits per heavy atom. The van der Waals surface area contributed by atoms with Crippen molar-refractivity contribution in [3.63, 3.8) is 0 Å². The molecule has 0 aliphatic heterocycles. The van der Waals surface area contributed by atoms with E-state index in [1.165, 1.54) is 19.3 Å². The third kappa shape index (κ3) is 6.60. The number of carboxylic acid groups (broad SMARTS) is 1. The zero-order valence-corrected chi connectivity index (χ0v) is 12.0. The Morgan fingerprint density at radius 1 is 1.05 bits per heavy atom. The van der Waals surface area contributed by atoms with Crippen molar-refractivity contribution in [3.05, 3.63) is 0 Å². The summed E-state index contributed by atoms with van der Waals surface area (Å²) in [5.74, 6) is -0.766. The van der Waals surface area contributed by atoms with Crippen molar-refractivity contribution in [2.45, 2.75) is 77.2 Å². The largest absolute Gasteiger partial charge is 0.481 e. The summed E-state index contributed by atoms with van der Waals surface area (Å²) in [6.45, 7) is 2.18. The molecule has 1 aliphatic rings. The van der Waals surface area contributed by atoms with Crippen LogP contribution in [0.5, 0.6) is 0 Å². The zero-order chi connectivity index (χ0) is 14.1. The minimum atomic E-state index is -0.694. The summed E-state index contributed by atoms with van der Waals surface area (Å²) >= 11 is 0. The Balaban J connectivity index is 2.08. The van der Waals surface area contributed by atoms with E-state index in [0.717, 1.165) is 25.7 Å². The molecule has 1 saturated carbocycles. The lowest BCUT2D eigenvalue weighted by Gasteiger charge is -2.26. The molecule has 0 aromatic carbocycles. The van der Waals surface area contributed by atoms with E-state index >= 15 is 0 Å². The highest BCUT2D eigenvalue weighted by Gasteiger charge is 2.26. The normalized spacial score (nSPS) is 23.0. The van der Waals surface area contributed by atoms with Gasteiger partial charge >= 0.3 is 5.97 Å². The van der Waals surface area contributed by atoms with Gasteiger partial charge < -0.3 is 10.4 Å². The summed E-state index contributed by atoms with van der Waals surface area (Å²) in [5, 5.41) is 11.9. The van der Waals surface area contributed by atoms with Crippen molar-refractivity contribution in [1.82, 2.24) is 5.32 Å². The fourth-order valence-electron chi connectivity index (χ4n) is 2.67. The second kappa shape index (κ2) is 8.94. The number of unbranched alkanes of at least 4 members (excludes halogenated alkanes) is 4. The van der Waals surface area contributed by atoms with Crippen molar-refractivity contribution in [1.29, 1.82) is 0 Å². The number of carbonyl (C=O) groups is 2. The van der Waals surface area contributed by atoms with Gasteiger partial charge in [0.15, 0.2) is 0 Å². The van der Waals surface area contributed by atoms with Gasteiger partial charge in [-0.25, -0.2) is 0 Å². The van der Waals surface area contributed by atoms with Gasteiger partial charge in [0, 0.05) is 12.5 Å². The minimum absolute atomic E-state index is 0.135. The monoisotopic (exact) mass is 269 g/mol. The van der Waals surface area contributed by atoms with Crippen LogP contribution >= 0.6 is 0 Å². The van der Waals surface area contributed by atoms with Gasteiger partial charge in [-0.1, -0.05) is 32.6 Å². The van der Waals surface area contributed by atoms with E-state index in [9.17, 15) is 9.59 Å². The van der Waals surface area contributed by atoms with Crippen LogP contribution in [0.25, 0.3) is 0 Å². The maximum absolute atomic E-state index is 11.7. The minimum Gasteiger partial charge on any atom is -0.481 e. The summed E-state index contributed by atoms with van der Waals surface area (Å²) in [6.07, 6.45) is 9.39. The molecule has 0 aromatic heterocycles. The topological polar surface area (TPSA) is 66.4 Å². The first-order valence-corrected chi connectivity index (χ1v) is 7.65. The highest BCUT2D eigenvalue weighted by Crippen LogP contribution is 2.24. The molecular weight excluding hydrogens is 242 g/mol. The van der Waals surface area contributed by atoms with E-state index < -0.39 is 5.97 Å². The van der Waals surface area contributed by atoms with Crippen LogP contribution in [-0.4, -0.2) is 23.0 Å². The average molecular weight is 269 g/mol. The molecule has 4 nitrogen and oxygen atoms in total. The van der Waals surface area contributed by atoms with Gasteiger partial charge in [-0.2, -0.15) is 0 Å². The van der Waals surface area contributed by atoms with Crippen LogP contribution in [0, 0.1) is 5.92 Å². The lowest BCUT2D eigenvalue weighted by Crippen LogP contribution is -2.38. The van der Waals surface area contributed by atoms with Crippen molar-refractivity contribution in [3.8, 4) is 0 Å². The third-order valence-corrected chi connectivity index (χ3v) is 3.95. The van der Waals surface area contributed by atoms with Gasteiger partial charge in [-0.3, -0.25) is 9.59 Å². The van der Waals surface area contributed by atoms with Crippen LogP contribution in [-0.2, 0) is 9.59 Å². The summed E-state index contributed by atoms with van der Waals surface area (Å²) < 4.78 is 0. The molecule has 0 aromatic rings. The predicted molar refractivity (Wildman–Crippen MR) is 74.9 cm³/mol. The Morgan fingerprint density at radius 3 is 2.26 bits per heavy atom.